The Bertz CT molecular complexity index is 1410. The number of amides is 1. The Balaban J connectivity index is 1.07. The monoisotopic (exact) mass is 473 g/mol. The highest BCUT2D eigenvalue weighted by Crippen LogP contribution is 2.45. The lowest BCUT2D eigenvalue weighted by Gasteiger charge is -2.33. The lowest BCUT2D eigenvalue weighted by Crippen LogP contribution is -2.43. The van der Waals surface area contributed by atoms with E-state index in [-0.39, 0.29) is 24.1 Å². The van der Waals surface area contributed by atoms with E-state index in [1.165, 1.54) is 33.4 Å². The third-order valence-corrected chi connectivity index (χ3v) is 7.95. The molecule has 2 aliphatic heterocycles. The second-order valence-electron chi connectivity index (χ2n) is 9.90. The maximum atomic E-state index is 13.3. The van der Waals surface area contributed by atoms with Gasteiger partial charge in [-0.25, -0.2) is 9.48 Å². The Labute approximate surface area is 210 Å². The highest BCUT2D eigenvalue weighted by molar-refractivity contribution is 5.79. The van der Waals surface area contributed by atoms with Gasteiger partial charge in [0.25, 0.3) is 0 Å². The first-order valence-corrected chi connectivity index (χ1v) is 12.7. The van der Waals surface area contributed by atoms with Crippen LogP contribution in [0.1, 0.15) is 41.9 Å². The molecule has 3 aromatic carbocycles. The minimum atomic E-state index is -0.186. The van der Waals surface area contributed by atoms with Gasteiger partial charge in [0.05, 0.1) is 11.7 Å². The minimum absolute atomic E-state index is 0.0863. The van der Waals surface area contributed by atoms with Gasteiger partial charge in [0, 0.05) is 24.4 Å². The van der Waals surface area contributed by atoms with Gasteiger partial charge in [0.15, 0.2) is 0 Å². The molecule has 2 unspecified atom stereocenters. The Morgan fingerprint density at radius 2 is 1.61 bits per heavy atom. The number of fused-ring (bicyclic) bond motifs is 5. The van der Waals surface area contributed by atoms with E-state index in [2.05, 4.69) is 84.0 Å². The van der Waals surface area contributed by atoms with E-state index in [0.717, 1.165) is 24.9 Å². The zero-order chi connectivity index (χ0) is 24.1. The first kappa shape index (κ1) is 21.2. The molecule has 0 spiro atoms. The predicted molar refractivity (Wildman–Crippen MR) is 140 cm³/mol. The fourth-order valence-corrected chi connectivity index (χ4v) is 6.25. The SMILES string of the molecule is O=C(OCC1c2ccccc2-c2ccccc21)N1C2C=C(c3ccc(-n4cccn4)cc3)CC1CC2. The molecule has 0 radical (unpaired) electrons. The number of ether oxygens (including phenoxy) is 1. The predicted octanol–water partition coefficient (Wildman–Crippen LogP) is 6.44. The van der Waals surface area contributed by atoms with Crippen LogP contribution in [0.5, 0.6) is 0 Å². The standard InChI is InChI=1S/C31H27N3O2/c35-31(36-20-30-28-8-3-1-6-26(28)27-7-2-4-9-29(27)30)34-24-14-15-25(34)19-22(18-24)21-10-12-23(13-11-21)33-17-5-16-32-33/h1-13,16-18,24-25,30H,14-15,19-20H2. The Hall–Kier alpha value is -4.12. The average Bonchev–Trinajstić information content (AvgIpc) is 3.63. The van der Waals surface area contributed by atoms with E-state index in [1.807, 2.05) is 21.8 Å². The van der Waals surface area contributed by atoms with E-state index in [9.17, 15) is 4.79 Å². The van der Waals surface area contributed by atoms with Gasteiger partial charge in [-0.2, -0.15) is 5.10 Å². The van der Waals surface area contributed by atoms with Gasteiger partial charge in [-0.1, -0.05) is 66.7 Å². The summed E-state index contributed by atoms with van der Waals surface area (Å²) < 4.78 is 7.87. The zero-order valence-electron chi connectivity index (χ0n) is 20.0. The number of carbonyl (C=O) groups excluding carboxylic acids is 1. The Morgan fingerprint density at radius 1 is 0.889 bits per heavy atom. The van der Waals surface area contributed by atoms with Gasteiger partial charge in [0.2, 0.25) is 0 Å². The van der Waals surface area contributed by atoms with Crippen LogP contribution in [0, 0.1) is 0 Å². The topological polar surface area (TPSA) is 47.4 Å². The molecular weight excluding hydrogens is 446 g/mol. The smallest absolute Gasteiger partial charge is 0.410 e. The Kier molecular flexibility index (Phi) is 5.01. The maximum Gasteiger partial charge on any atom is 0.410 e. The molecule has 4 aromatic rings. The molecule has 2 bridgehead atoms. The summed E-state index contributed by atoms with van der Waals surface area (Å²) in [6.07, 6.45) is 8.68. The summed E-state index contributed by atoms with van der Waals surface area (Å²) in [4.78, 5) is 15.3. The molecule has 5 heteroatoms. The molecule has 1 fully saturated rings. The summed E-state index contributed by atoms with van der Waals surface area (Å²) in [6, 6.07) is 27.7. The molecule has 1 amide bonds. The largest absolute Gasteiger partial charge is 0.448 e. The van der Waals surface area contributed by atoms with Gasteiger partial charge in [0.1, 0.15) is 6.61 Å². The molecular formula is C31H27N3O2. The van der Waals surface area contributed by atoms with Crippen molar-refractivity contribution in [1.29, 1.82) is 0 Å². The molecule has 3 aliphatic rings. The van der Waals surface area contributed by atoms with Crippen molar-refractivity contribution >= 4 is 11.7 Å². The molecule has 0 saturated carbocycles. The number of carbonyl (C=O) groups is 1. The first-order valence-electron chi connectivity index (χ1n) is 12.7. The van der Waals surface area contributed by atoms with Crippen molar-refractivity contribution in [1.82, 2.24) is 14.7 Å². The third kappa shape index (κ3) is 3.46. The number of nitrogens with zero attached hydrogens (tertiary/aromatic N) is 3. The molecule has 178 valence electrons. The summed E-state index contributed by atoms with van der Waals surface area (Å²) in [5.41, 5.74) is 8.56. The highest BCUT2D eigenvalue weighted by Gasteiger charge is 2.41. The molecule has 2 atom stereocenters. The van der Waals surface area contributed by atoms with Crippen LogP contribution in [-0.4, -0.2) is 39.5 Å². The van der Waals surface area contributed by atoms with Crippen molar-refractivity contribution in [2.45, 2.75) is 37.3 Å². The van der Waals surface area contributed by atoms with E-state index < -0.39 is 0 Å². The quantitative estimate of drug-likeness (QED) is 0.343. The van der Waals surface area contributed by atoms with E-state index in [0.29, 0.717) is 6.61 Å². The van der Waals surface area contributed by atoms with Crippen LogP contribution < -0.4 is 0 Å². The van der Waals surface area contributed by atoms with Crippen molar-refractivity contribution in [3.63, 3.8) is 0 Å². The van der Waals surface area contributed by atoms with Crippen LogP contribution >= 0.6 is 0 Å². The zero-order valence-corrected chi connectivity index (χ0v) is 20.0. The van der Waals surface area contributed by atoms with Crippen LogP contribution in [0.2, 0.25) is 0 Å². The van der Waals surface area contributed by atoms with Gasteiger partial charge < -0.3 is 4.74 Å². The van der Waals surface area contributed by atoms with Gasteiger partial charge in [-0.05, 0) is 70.9 Å². The number of rotatable bonds is 4. The summed E-state index contributed by atoms with van der Waals surface area (Å²) in [6.45, 7) is 0.369. The van der Waals surface area contributed by atoms with Crippen LogP contribution in [0.25, 0.3) is 22.4 Å². The molecule has 0 N–H and O–H groups in total. The summed E-state index contributed by atoms with van der Waals surface area (Å²) >= 11 is 0. The van der Waals surface area contributed by atoms with Crippen molar-refractivity contribution in [2.24, 2.45) is 0 Å². The van der Waals surface area contributed by atoms with Crippen LogP contribution in [0.15, 0.2) is 97.3 Å². The van der Waals surface area contributed by atoms with Crippen LogP contribution in [0.4, 0.5) is 4.79 Å². The van der Waals surface area contributed by atoms with Crippen molar-refractivity contribution in [3.8, 4) is 16.8 Å². The van der Waals surface area contributed by atoms with Gasteiger partial charge in [-0.3, -0.25) is 4.90 Å². The summed E-state index contributed by atoms with van der Waals surface area (Å²) in [5.74, 6) is 0.0863. The summed E-state index contributed by atoms with van der Waals surface area (Å²) in [7, 11) is 0. The van der Waals surface area contributed by atoms with Gasteiger partial charge >= 0.3 is 6.09 Å². The minimum Gasteiger partial charge on any atom is -0.448 e. The van der Waals surface area contributed by atoms with Crippen LogP contribution in [0.3, 0.4) is 0 Å². The maximum absolute atomic E-state index is 13.3. The molecule has 1 saturated heterocycles. The lowest BCUT2D eigenvalue weighted by molar-refractivity contribution is 0.0866. The lowest BCUT2D eigenvalue weighted by atomic mass is 9.95. The molecule has 1 aromatic heterocycles. The second-order valence-corrected chi connectivity index (χ2v) is 9.90. The molecule has 5 nitrogen and oxygen atoms in total. The van der Waals surface area contributed by atoms with E-state index in [4.69, 9.17) is 4.74 Å². The number of hydrogen-bond acceptors (Lipinski definition) is 3. The van der Waals surface area contributed by atoms with E-state index in [1.54, 1.807) is 6.20 Å². The molecule has 1 aliphatic carbocycles. The first-order chi connectivity index (χ1) is 17.8. The number of hydrogen-bond donors (Lipinski definition) is 0. The highest BCUT2D eigenvalue weighted by atomic mass is 16.6. The van der Waals surface area contributed by atoms with Crippen molar-refractivity contribution in [3.05, 3.63) is 114 Å². The molecule has 3 heterocycles. The second kappa shape index (κ2) is 8.52. The van der Waals surface area contributed by atoms with Crippen molar-refractivity contribution in [2.75, 3.05) is 6.61 Å². The van der Waals surface area contributed by atoms with Crippen molar-refractivity contribution < 1.29 is 9.53 Å². The molecule has 36 heavy (non-hydrogen) atoms. The fourth-order valence-electron chi connectivity index (χ4n) is 6.25. The number of aromatic nitrogens is 2. The Morgan fingerprint density at radius 3 is 2.28 bits per heavy atom. The van der Waals surface area contributed by atoms with Gasteiger partial charge in [-0.15, -0.1) is 0 Å². The third-order valence-electron chi connectivity index (χ3n) is 7.95. The number of benzene rings is 3. The van der Waals surface area contributed by atoms with E-state index >= 15 is 0 Å². The fraction of sp³-hybridized carbons (Fsp3) is 0.226. The normalized spacial score (nSPS) is 20.1. The summed E-state index contributed by atoms with van der Waals surface area (Å²) in [5, 5.41) is 4.31. The average molecular weight is 474 g/mol. The van der Waals surface area contributed by atoms with Crippen LogP contribution in [-0.2, 0) is 4.74 Å². The molecule has 7 rings (SSSR count).